The van der Waals surface area contributed by atoms with Crippen LogP contribution in [0.4, 0.5) is 0 Å². The number of hydrogen-bond acceptors (Lipinski definition) is 5. The summed E-state index contributed by atoms with van der Waals surface area (Å²) >= 11 is 0. The minimum absolute atomic E-state index is 0. The average molecular weight is 333 g/mol. The van der Waals surface area contributed by atoms with Gasteiger partial charge in [-0.15, -0.1) is 0 Å². The number of ether oxygens (including phenoxy) is 1. The van der Waals surface area contributed by atoms with Crippen molar-refractivity contribution in [2.24, 2.45) is 11.7 Å². The number of unbranched alkanes of at least 4 members (excludes halogenated alkanes) is 7. The summed E-state index contributed by atoms with van der Waals surface area (Å²) in [6.07, 6.45) is 13.7. The standard InChI is InChI=1S/C18H33NO4.Li/c1-2-3-4-5-6-7-8-9-10-11-12-16(15-17(20)21)18(22)23-14-13-19;/h10-11,16H,2-9,12-15,19H2,1H3,(H,20,21);/q;+1/p-1/b11-10+;. The second-order valence-corrected chi connectivity index (χ2v) is 5.85. The molecule has 0 aromatic heterocycles. The zero-order valence-corrected chi connectivity index (χ0v) is 15.4. The molecule has 0 fully saturated rings. The summed E-state index contributed by atoms with van der Waals surface area (Å²) in [5, 5.41) is 10.7. The Balaban J connectivity index is 0. The van der Waals surface area contributed by atoms with E-state index in [1.807, 2.05) is 12.2 Å². The number of nitrogens with two attached hydrogens (primary N) is 1. The molecule has 0 spiro atoms. The summed E-state index contributed by atoms with van der Waals surface area (Å²) in [5.74, 6) is -2.43. The van der Waals surface area contributed by atoms with Crippen LogP contribution < -0.4 is 29.7 Å². The van der Waals surface area contributed by atoms with Crippen LogP contribution in [0.15, 0.2) is 12.2 Å². The van der Waals surface area contributed by atoms with Gasteiger partial charge in [0.1, 0.15) is 6.61 Å². The van der Waals surface area contributed by atoms with Gasteiger partial charge in [0.05, 0.1) is 5.92 Å². The van der Waals surface area contributed by atoms with Gasteiger partial charge in [0, 0.05) is 18.9 Å². The average Bonchev–Trinajstić information content (AvgIpc) is 2.52. The Kier molecular flexibility index (Phi) is 19.7. The maximum absolute atomic E-state index is 11.7. The Labute approximate surface area is 158 Å². The van der Waals surface area contributed by atoms with Gasteiger partial charge in [-0.2, -0.15) is 0 Å². The third kappa shape index (κ3) is 16.1. The van der Waals surface area contributed by atoms with Crippen LogP contribution in [0, 0.1) is 5.92 Å². The fourth-order valence-corrected chi connectivity index (χ4v) is 2.34. The summed E-state index contributed by atoms with van der Waals surface area (Å²) in [4.78, 5) is 22.4. The molecule has 0 rings (SSSR count). The molecule has 0 saturated heterocycles. The molecule has 6 heteroatoms. The van der Waals surface area contributed by atoms with E-state index in [1.165, 1.54) is 38.5 Å². The van der Waals surface area contributed by atoms with E-state index < -0.39 is 17.9 Å². The van der Waals surface area contributed by atoms with E-state index in [9.17, 15) is 14.7 Å². The largest absolute Gasteiger partial charge is 1.00 e. The van der Waals surface area contributed by atoms with E-state index in [0.717, 1.165) is 12.8 Å². The van der Waals surface area contributed by atoms with E-state index in [2.05, 4.69) is 6.92 Å². The fraction of sp³-hybridized carbons (Fsp3) is 0.778. The Hall–Kier alpha value is -0.763. The third-order valence-corrected chi connectivity index (χ3v) is 3.67. The molecule has 1 unspecified atom stereocenters. The number of carboxylic acid groups (broad SMARTS) is 1. The number of rotatable bonds is 15. The molecule has 24 heavy (non-hydrogen) atoms. The first-order valence-corrected chi connectivity index (χ1v) is 8.83. The minimum atomic E-state index is -1.24. The van der Waals surface area contributed by atoms with E-state index >= 15 is 0 Å². The second-order valence-electron chi connectivity index (χ2n) is 5.85. The molecule has 134 valence electrons. The van der Waals surface area contributed by atoms with Crippen molar-refractivity contribution in [3.8, 4) is 0 Å². The van der Waals surface area contributed by atoms with Gasteiger partial charge in [-0.3, -0.25) is 4.79 Å². The molecule has 0 aliphatic rings. The zero-order valence-electron chi connectivity index (χ0n) is 15.4. The first kappa shape index (κ1) is 25.5. The zero-order chi connectivity index (χ0) is 17.3. The molecule has 0 heterocycles. The monoisotopic (exact) mass is 333 g/mol. The molecule has 0 aliphatic carbocycles. The molecule has 2 N–H and O–H groups in total. The van der Waals surface area contributed by atoms with E-state index in [0.29, 0.717) is 6.42 Å². The maximum atomic E-state index is 11.7. The van der Waals surface area contributed by atoms with Crippen molar-refractivity contribution in [3.63, 3.8) is 0 Å². The summed E-state index contributed by atoms with van der Waals surface area (Å²) < 4.78 is 4.91. The summed E-state index contributed by atoms with van der Waals surface area (Å²) in [5.41, 5.74) is 5.26. The van der Waals surface area contributed by atoms with Gasteiger partial charge in [-0.05, 0) is 19.3 Å². The normalized spacial score (nSPS) is 11.9. The predicted octanol–water partition coefficient (Wildman–Crippen LogP) is -0.664. The van der Waals surface area contributed by atoms with Gasteiger partial charge >= 0.3 is 24.8 Å². The number of hydrogen-bond donors (Lipinski definition) is 1. The van der Waals surface area contributed by atoms with Gasteiger partial charge in [0.15, 0.2) is 0 Å². The Morgan fingerprint density at radius 1 is 1.08 bits per heavy atom. The second kappa shape index (κ2) is 18.6. The van der Waals surface area contributed by atoms with E-state index in [1.54, 1.807) is 0 Å². The maximum Gasteiger partial charge on any atom is 1.00 e. The van der Waals surface area contributed by atoms with Crippen LogP contribution in [0.25, 0.3) is 0 Å². The van der Waals surface area contributed by atoms with Crippen molar-refractivity contribution in [2.75, 3.05) is 13.2 Å². The molecule has 0 amide bonds. The Morgan fingerprint density at radius 2 is 1.71 bits per heavy atom. The molecule has 0 aliphatic heterocycles. The first-order valence-electron chi connectivity index (χ1n) is 8.83. The molecular formula is C18H32LiNO4. The summed E-state index contributed by atoms with van der Waals surface area (Å²) in [6, 6.07) is 0. The number of allylic oxidation sites excluding steroid dienone is 2. The Morgan fingerprint density at radius 3 is 2.29 bits per heavy atom. The van der Waals surface area contributed by atoms with Gasteiger partial charge in [0.25, 0.3) is 0 Å². The topological polar surface area (TPSA) is 92.4 Å². The molecular weight excluding hydrogens is 301 g/mol. The van der Waals surface area contributed by atoms with Crippen LogP contribution in [0.5, 0.6) is 0 Å². The van der Waals surface area contributed by atoms with Gasteiger partial charge in [-0.1, -0.05) is 57.6 Å². The minimum Gasteiger partial charge on any atom is -0.550 e. The van der Waals surface area contributed by atoms with Crippen molar-refractivity contribution in [3.05, 3.63) is 12.2 Å². The van der Waals surface area contributed by atoms with Crippen molar-refractivity contribution in [2.45, 2.75) is 71.1 Å². The molecule has 1 atom stereocenters. The van der Waals surface area contributed by atoms with Crippen molar-refractivity contribution in [1.29, 1.82) is 0 Å². The van der Waals surface area contributed by atoms with Crippen molar-refractivity contribution >= 4 is 11.9 Å². The number of aliphatic carboxylic acids is 1. The number of esters is 1. The smallest absolute Gasteiger partial charge is 0.550 e. The van der Waals surface area contributed by atoms with Crippen LogP contribution in [-0.4, -0.2) is 25.1 Å². The first-order chi connectivity index (χ1) is 11.1. The van der Waals surface area contributed by atoms with E-state index in [4.69, 9.17) is 10.5 Å². The van der Waals surface area contributed by atoms with Gasteiger partial charge in [-0.25, -0.2) is 0 Å². The summed E-state index contributed by atoms with van der Waals surface area (Å²) in [7, 11) is 0. The van der Waals surface area contributed by atoms with Gasteiger partial charge in [0.2, 0.25) is 0 Å². The SMILES string of the molecule is CCCCCCCCC/C=C/CC(CC(=O)[O-])C(=O)OCCN.[Li+]. The van der Waals surface area contributed by atoms with Crippen LogP contribution in [-0.2, 0) is 14.3 Å². The molecule has 0 aromatic rings. The fourth-order valence-electron chi connectivity index (χ4n) is 2.34. The van der Waals surface area contributed by atoms with Crippen molar-refractivity contribution in [1.82, 2.24) is 0 Å². The molecule has 0 saturated carbocycles. The van der Waals surface area contributed by atoms with Crippen LogP contribution in [0.1, 0.15) is 71.1 Å². The molecule has 5 nitrogen and oxygen atoms in total. The quantitative estimate of drug-likeness (QED) is 0.186. The third-order valence-electron chi connectivity index (χ3n) is 3.67. The molecule has 0 radical (unpaired) electrons. The summed E-state index contributed by atoms with van der Waals surface area (Å²) in [6.45, 7) is 2.56. The van der Waals surface area contributed by atoms with Crippen LogP contribution in [0.3, 0.4) is 0 Å². The molecule has 0 aromatic carbocycles. The number of carboxylic acids is 1. The number of carbonyl (C=O) groups excluding carboxylic acids is 2. The van der Waals surface area contributed by atoms with E-state index in [-0.39, 0.29) is 38.4 Å². The van der Waals surface area contributed by atoms with Crippen LogP contribution >= 0.6 is 0 Å². The predicted molar refractivity (Wildman–Crippen MR) is 89.5 cm³/mol. The van der Waals surface area contributed by atoms with Gasteiger partial charge < -0.3 is 20.4 Å². The van der Waals surface area contributed by atoms with Crippen LogP contribution in [0.2, 0.25) is 0 Å². The Bertz CT molecular complexity index is 348. The number of carbonyl (C=O) groups is 2. The molecule has 0 bridgehead atoms. The van der Waals surface area contributed by atoms with Crippen molar-refractivity contribution < 1.29 is 38.3 Å².